The van der Waals surface area contributed by atoms with Gasteiger partial charge in [0.2, 0.25) is 10.0 Å². The molecule has 1 aliphatic rings. The van der Waals surface area contributed by atoms with E-state index in [1.54, 1.807) is 0 Å². The molecule has 1 saturated heterocycles. The number of hydrogen-bond donors (Lipinski definition) is 1. The fraction of sp³-hybridized carbons (Fsp3) is 0.526. The van der Waals surface area contributed by atoms with E-state index in [1.165, 1.54) is 20.3 Å². The Labute approximate surface area is 164 Å². The molecular formula is C19H26F2N4O2S. The largest absolute Gasteiger partial charge is 0.371 e. The molecule has 2 heterocycles. The van der Waals surface area contributed by atoms with Gasteiger partial charge in [-0.05, 0) is 44.2 Å². The lowest BCUT2D eigenvalue weighted by Crippen LogP contribution is -2.35. The van der Waals surface area contributed by atoms with Gasteiger partial charge in [-0.15, -0.1) is 0 Å². The number of alkyl halides is 2. The highest BCUT2D eigenvalue weighted by Gasteiger charge is 2.27. The van der Waals surface area contributed by atoms with Gasteiger partial charge in [-0.3, -0.25) is 0 Å². The third kappa shape index (κ3) is 4.20. The maximum atomic E-state index is 13.0. The first-order chi connectivity index (χ1) is 13.2. The van der Waals surface area contributed by atoms with Gasteiger partial charge in [-0.1, -0.05) is 25.1 Å². The van der Waals surface area contributed by atoms with Crippen molar-refractivity contribution >= 4 is 15.7 Å². The number of aryl methyl sites for hydroxylation is 1. The van der Waals surface area contributed by atoms with E-state index in [9.17, 15) is 17.2 Å². The summed E-state index contributed by atoms with van der Waals surface area (Å²) in [6.07, 6.45) is 2.30. The number of piperidine rings is 1. The summed E-state index contributed by atoms with van der Waals surface area (Å²) >= 11 is 0. The molecule has 1 fully saturated rings. The summed E-state index contributed by atoms with van der Waals surface area (Å²) in [5.41, 5.74) is 1.85. The van der Waals surface area contributed by atoms with Crippen LogP contribution in [0.5, 0.6) is 0 Å². The minimum atomic E-state index is -3.98. The summed E-state index contributed by atoms with van der Waals surface area (Å²) in [6.45, 7) is 4.04. The Morgan fingerprint density at radius 1 is 1.29 bits per heavy atom. The van der Waals surface area contributed by atoms with Crippen LogP contribution in [0.3, 0.4) is 0 Å². The summed E-state index contributed by atoms with van der Waals surface area (Å²) in [5.74, 6) is 0.587. The van der Waals surface area contributed by atoms with Crippen molar-refractivity contribution in [3.63, 3.8) is 0 Å². The molecule has 0 saturated carbocycles. The number of nitrogens with zero attached hydrogens (tertiary/aromatic N) is 3. The van der Waals surface area contributed by atoms with Gasteiger partial charge >= 0.3 is 6.55 Å². The van der Waals surface area contributed by atoms with Crippen molar-refractivity contribution in [3.05, 3.63) is 41.2 Å². The van der Waals surface area contributed by atoms with Crippen LogP contribution in [0.25, 0.3) is 0 Å². The maximum Gasteiger partial charge on any atom is 0.333 e. The molecule has 28 heavy (non-hydrogen) atoms. The second kappa shape index (κ2) is 8.16. The lowest BCUT2D eigenvalue weighted by atomic mass is 9.99. The van der Waals surface area contributed by atoms with Gasteiger partial charge in [-0.2, -0.15) is 13.9 Å². The molecule has 0 bridgehead atoms. The molecule has 6 nitrogen and oxygen atoms in total. The summed E-state index contributed by atoms with van der Waals surface area (Å²) < 4.78 is 54.7. The fourth-order valence-electron chi connectivity index (χ4n) is 3.85. The van der Waals surface area contributed by atoms with Crippen LogP contribution in [-0.4, -0.2) is 31.3 Å². The number of nitrogens with one attached hydrogen (secondary N) is 1. The Bertz CT molecular complexity index is 943. The topological polar surface area (TPSA) is 67.2 Å². The summed E-state index contributed by atoms with van der Waals surface area (Å²) in [6, 6.07) is 7.69. The highest BCUT2D eigenvalue weighted by atomic mass is 32.2. The number of benzene rings is 1. The standard InChI is InChI=1S/C19H26F2N4O2S/c1-13-7-6-10-24(12-13)17-9-5-4-8-16(17)11-22-28(26,27)18-14(2)23-25(15(18)3)19(20)21/h4-5,8-9,13,19,22H,6-7,10-12H2,1-3H3. The Balaban J connectivity index is 1.83. The van der Waals surface area contributed by atoms with Gasteiger partial charge in [0.25, 0.3) is 0 Å². The zero-order valence-corrected chi connectivity index (χ0v) is 17.1. The van der Waals surface area contributed by atoms with Gasteiger partial charge in [0, 0.05) is 25.3 Å². The quantitative estimate of drug-likeness (QED) is 0.787. The van der Waals surface area contributed by atoms with E-state index in [2.05, 4.69) is 21.6 Å². The van der Waals surface area contributed by atoms with Crippen LogP contribution in [0.1, 0.15) is 43.3 Å². The van der Waals surface area contributed by atoms with E-state index in [0.717, 1.165) is 30.8 Å². The average molecular weight is 413 g/mol. The highest BCUT2D eigenvalue weighted by Crippen LogP contribution is 2.27. The zero-order valence-electron chi connectivity index (χ0n) is 16.3. The first kappa shape index (κ1) is 20.7. The van der Waals surface area contributed by atoms with E-state index >= 15 is 0 Å². The Morgan fingerprint density at radius 3 is 2.64 bits per heavy atom. The van der Waals surface area contributed by atoms with Crippen molar-refractivity contribution in [1.82, 2.24) is 14.5 Å². The Morgan fingerprint density at radius 2 is 2.00 bits per heavy atom. The van der Waals surface area contributed by atoms with Gasteiger partial charge in [-0.25, -0.2) is 17.8 Å². The van der Waals surface area contributed by atoms with Gasteiger partial charge < -0.3 is 4.90 Å². The van der Waals surface area contributed by atoms with E-state index in [1.807, 2.05) is 24.3 Å². The smallest absolute Gasteiger partial charge is 0.333 e. The summed E-state index contributed by atoms with van der Waals surface area (Å²) in [7, 11) is -3.98. The molecular weight excluding hydrogens is 386 g/mol. The van der Waals surface area contributed by atoms with E-state index in [4.69, 9.17) is 0 Å². The minimum absolute atomic E-state index is 0.0587. The zero-order chi connectivity index (χ0) is 20.5. The number of halogens is 2. The van der Waals surface area contributed by atoms with E-state index < -0.39 is 16.6 Å². The van der Waals surface area contributed by atoms with Gasteiger partial charge in [0.1, 0.15) is 4.90 Å². The second-order valence-corrected chi connectivity index (χ2v) is 9.07. The molecule has 1 atom stereocenters. The molecule has 1 aromatic heterocycles. The van der Waals surface area contributed by atoms with Crippen LogP contribution < -0.4 is 9.62 Å². The normalized spacial score (nSPS) is 18.1. The van der Waals surface area contributed by atoms with Crippen molar-refractivity contribution in [3.8, 4) is 0 Å². The van der Waals surface area contributed by atoms with Crippen molar-refractivity contribution in [2.24, 2.45) is 5.92 Å². The predicted octanol–water partition coefficient (Wildman–Crippen LogP) is 3.61. The number of rotatable bonds is 6. The Kier molecular flexibility index (Phi) is 6.04. The lowest BCUT2D eigenvalue weighted by molar-refractivity contribution is 0.0538. The van der Waals surface area contributed by atoms with E-state index in [0.29, 0.717) is 10.6 Å². The van der Waals surface area contributed by atoms with Crippen molar-refractivity contribution < 1.29 is 17.2 Å². The van der Waals surface area contributed by atoms with Crippen molar-refractivity contribution in [1.29, 1.82) is 0 Å². The minimum Gasteiger partial charge on any atom is -0.371 e. The van der Waals surface area contributed by atoms with Crippen LogP contribution in [0.4, 0.5) is 14.5 Å². The molecule has 1 unspecified atom stereocenters. The maximum absolute atomic E-state index is 13.0. The van der Waals surface area contributed by atoms with Gasteiger partial charge in [0.05, 0.1) is 11.4 Å². The van der Waals surface area contributed by atoms with Crippen LogP contribution >= 0.6 is 0 Å². The fourth-order valence-corrected chi connectivity index (χ4v) is 5.25. The Hall–Kier alpha value is -2.00. The summed E-state index contributed by atoms with van der Waals surface area (Å²) in [4.78, 5) is 2.10. The van der Waals surface area contributed by atoms with E-state index in [-0.39, 0.29) is 22.8 Å². The molecule has 0 spiro atoms. The number of anilines is 1. The SMILES string of the molecule is Cc1nn(C(F)F)c(C)c1S(=O)(=O)NCc1ccccc1N1CCCC(C)C1. The number of para-hydroxylation sites is 1. The van der Waals surface area contributed by atoms with Crippen LogP contribution in [-0.2, 0) is 16.6 Å². The molecule has 1 N–H and O–H groups in total. The molecule has 2 aromatic rings. The second-order valence-electron chi connectivity index (χ2n) is 7.37. The lowest BCUT2D eigenvalue weighted by Gasteiger charge is -2.34. The van der Waals surface area contributed by atoms with Crippen LogP contribution in [0, 0.1) is 19.8 Å². The molecule has 0 amide bonds. The summed E-state index contributed by atoms with van der Waals surface area (Å²) in [5, 5.41) is 3.67. The third-order valence-electron chi connectivity index (χ3n) is 5.15. The molecule has 1 aromatic carbocycles. The number of hydrogen-bond acceptors (Lipinski definition) is 4. The predicted molar refractivity (Wildman–Crippen MR) is 104 cm³/mol. The highest BCUT2D eigenvalue weighted by molar-refractivity contribution is 7.89. The van der Waals surface area contributed by atoms with Gasteiger partial charge in [0.15, 0.2) is 0 Å². The van der Waals surface area contributed by atoms with Crippen LogP contribution in [0.2, 0.25) is 0 Å². The third-order valence-corrected chi connectivity index (χ3v) is 6.81. The van der Waals surface area contributed by atoms with Crippen molar-refractivity contribution in [2.45, 2.75) is 51.6 Å². The van der Waals surface area contributed by atoms with Crippen LogP contribution in [0.15, 0.2) is 29.2 Å². The molecule has 3 rings (SSSR count). The molecule has 0 radical (unpaired) electrons. The number of sulfonamides is 1. The number of aromatic nitrogens is 2. The first-order valence-corrected chi connectivity index (χ1v) is 10.9. The molecule has 1 aliphatic heterocycles. The van der Waals surface area contributed by atoms with Crippen molar-refractivity contribution in [2.75, 3.05) is 18.0 Å². The molecule has 0 aliphatic carbocycles. The molecule has 9 heteroatoms. The molecule has 154 valence electrons. The monoisotopic (exact) mass is 412 g/mol. The first-order valence-electron chi connectivity index (χ1n) is 9.37. The average Bonchev–Trinajstić information content (AvgIpc) is 2.95.